The maximum Gasteiger partial charge on any atom is 0.252 e. The van der Waals surface area contributed by atoms with Crippen molar-refractivity contribution < 1.29 is 0 Å². The van der Waals surface area contributed by atoms with Crippen LogP contribution in [-0.2, 0) is 6.42 Å². The lowest BCUT2D eigenvalue weighted by Gasteiger charge is -2.28. The molecular formula is C11H16N6. The molecule has 1 aliphatic rings. The molecule has 17 heavy (non-hydrogen) atoms. The monoisotopic (exact) mass is 232 g/mol. The third kappa shape index (κ3) is 1.95. The van der Waals surface area contributed by atoms with Gasteiger partial charge in [-0.1, -0.05) is 6.92 Å². The van der Waals surface area contributed by atoms with Gasteiger partial charge < -0.3 is 10.2 Å². The highest BCUT2D eigenvalue weighted by Gasteiger charge is 2.12. The number of hydrogen-bond donors (Lipinski definition) is 1. The van der Waals surface area contributed by atoms with Gasteiger partial charge in [0.25, 0.3) is 5.78 Å². The van der Waals surface area contributed by atoms with Gasteiger partial charge in [-0.3, -0.25) is 0 Å². The lowest BCUT2D eigenvalue weighted by molar-refractivity contribution is 0.587. The smallest absolute Gasteiger partial charge is 0.252 e. The van der Waals surface area contributed by atoms with Crippen molar-refractivity contribution in [2.75, 3.05) is 31.1 Å². The Bertz CT molecular complexity index is 514. The summed E-state index contributed by atoms with van der Waals surface area (Å²) >= 11 is 0. The SMILES string of the molecule is CCc1nc2ncc(N3CCNCC3)cn2n1. The first-order valence-corrected chi connectivity index (χ1v) is 6.04. The molecule has 3 rings (SSSR count). The normalized spacial score (nSPS) is 16.6. The molecule has 0 spiro atoms. The highest BCUT2D eigenvalue weighted by atomic mass is 15.3. The highest BCUT2D eigenvalue weighted by Crippen LogP contribution is 2.13. The van der Waals surface area contributed by atoms with Crippen LogP contribution in [-0.4, -0.2) is 45.8 Å². The number of anilines is 1. The molecule has 0 aliphatic carbocycles. The molecule has 1 aliphatic heterocycles. The van der Waals surface area contributed by atoms with Gasteiger partial charge in [0.2, 0.25) is 0 Å². The molecule has 3 heterocycles. The van der Waals surface area contributed by atoms with Crippen LogP contribution in [0.3, 0.4) is 0 Å². The topological polar surface area (TPSA) is 58.4 Å². The van der Waals surface area contributed by atoms with E-state index in [-0.39, 0.29) is 0 Å². The van der Waals surface area contributed by atoms with E-state index in [0.29, 0.717) is 5.78 Å². The Hall–Kier alpha value is -1.69. The largest absolute Gasteiger partial charge is 0.366 e. The van der Waals surface area contributed by atoms with E-state index in [1.54, 1.807) is 4.52 Å². The van der Waals surface area contributed by atoms with Crippen LogP contribution in [0, 0.1) is 0 Å². The second-order valence-corrected chi connectivity index (χ2v) is 4.18. The fourth-order valence-electron chi connectivity index (χ4n) is 2.05. The van der Waals surface area contributed by atoms with Gasteiger partial charge in [-0.25, -0.2) is 9.50 Å². The zero-order valence-electron chi connectivity index (χ0n) is 9.93. The summed E-state index contributed by atoms with van der Waals surface area (Å²) in [4.78, 5) is 11.0. The van der Waals surface area contributed by atoms with E-state index in [0.717, 1.165) is 44.1 Å². The average molecular weight is 232 g/mol. The van der Waals surface area contributed by atoms with Gasteiger partial charge in [0.15, 0.2) is 5.82 Å². The number of nitrogens with zero attached hydrogens (tertiary/aromatic N) is 5. The molecule has 6 nitrogen and oxygen atoms in total. The molecular weight excluding hydrogens is 216 g/mol. The fourth-order valence-corrected chi connectivity index (χ4v) is 2.05. The molecule has 2 aromatic heterocycles. The minimum atomic E-state index is 0.681. The molecule has 0 amide bonds. The summed E-state index contributed by atoms with van der Waals surface area (Å²) in [5, 5.41) is 7.73. The lowest BCUT2D eigenvalue weighted by Crippen LogP contribution is -2.43. The Morgan fingerprint density at radius 2 is 2.18 bits per heavy atom. The minimum absolute atomic E-state index is 0.681. The molecule has 0 unspecified atom stereocenters. The van der Waals surface area contributed by atoms with Crippen molar-refractivity contribution in [1.82, 2.24) is 24.9 Å². The zero-order chi connectivity index (χ0) is 11.7. The lowest BCUT2D eigenvalue weighted by atomic mass is 10.3. The summed E-state index contributed by atoms with van der Waals surface area (Å²) in [6, 6.07) is 0. The quantitative estimate of drug-likeness (QED) is 0.795. The minimum Gasteiger partial charge on any atom is -0.366 e. The van der Waals surface area contributed by atoms with Gasteiger partial charge >= 0.3 is 0 Å². The van der Waals surface area contributed by atoms with Crippen LogP contribution in [0.2, 0.25) is 0 Å². The van der Waals surface area contributed by atoms with Gasteiger partial charge in [0.1, 0.15) is 0 Å². The van der Waals surface area contributed by atoms with E-state index in [4.69, 9.17) is 0 Å². The summed E-state index contributed by atoms with van der Waals surface area (Å²) in [5.41, 5.74) is 1.12. The number of nitrogens with one attached hydrogen (secondary N) is 1. The van der Waals surface area contributed by atoms with Crippen molar-refractivity contribution in [2.24, 2.45) is 0 Å². The second kappa shape index (κ2) is 4.29. The molecule has 1 fully saturated rings. The van der Waals surface area contributed by atoms with Crippen molar-refractivity contribution in [3.63, 3.8) is 0 Å². The number of aromatic nitrogens is 4. The van der Waals surface area contributed by atoms with Crippen LogP contribution in [0.25, 0.3) is 5.78 Å². The Balaban J connectivity index is 1.94. The Morgan fingerprint density at radius 3 is 2.94 bits per heavy atom. The first kappa shape index (κ1) is 10.5. The zero-order valence-corrected chi connectivity index (χ0v) is 9.93. The van der Waals surface area contributed by atoms with Crippen LogP contribution in [0.4, 0.5) is 5.69 Å². The Kier molecular flexibility index (Phi) is 2.64. The average Bonchev–Trinajstić information content (AvgIpc) is 2.81. The van der Waals surface area contributed by atoms with E-state index in [9.17, 15) is 0 Å². The van der Waals surface area contributed by atoms with E-state index < -0.39 is 0 Å². The van der Waals surface area contributed by atoms with Crippen LogP contribution in [0.5, 0.6) is 0 Å². The predicted molar refractivity (Wildman–Crippen MR) is 65.2 cm³/mol. The standard InChI is InChI=1S/C11H16N6/c1-2-10-14-11-13-7-9(8-17(11)15-10)16-5-3-12-4-6-16/h7-8,12H,2-6H2,1H3. The van der Waals surface area contributed by atoms with E-state index in [1.165, 1.54) is 0 Å². The van der Waals surface area contributed by atoms with Crippen LogP contribution < -0.4 is 10.2 Å². The molecule has 0 radical (unpaired) electrons. The summed E-state index contributed by atoms with van der Waals surface area (Å²) in [6.07, 6.45) is 4.74. The van der Waals surface area contributed by atoms with Crippen molar-refractivity contribution in [3.05, 3.63) is 18.2 Å². The summed E-state index contributed by atoms with van der Waals surface area (Å²) < 4.78 is 1.77. The number of hydrogen-bond acceptors (Lipinski definition) is 5. The molecule has 6 heteroatoms. The molecule has 1 N–H and O–H groups in total. The van der Waals surface area contributed by atoms with Crippen LogP contribution in [0.15, 0.2) is 12.4 Å². The maximum atomic E-state index is 4.39. The van der Waals surface area contributed by atoms with Gasteiger partial charge in [-0.15, -0.1) is 5.10 Å². The summed E-state index contributed by atoms with van der Waals surface area (Å²) in [7, 11) is 0. The number of piperazine rings is 1. The van der Waals surface area contributed by atoms with Crippen molar-refractivity contribution in [2.45, 2.75) is 13.3 Å². The van der Waals surface area contributed by atoms with Gasteiger partial charge in [0.05, 0.1) is 18.1 Å². The number of fused-ring (bicyclic) bond motifs is 1. The van der Waals surface area contributed by atoms with E-state index >= 15 is 0 Å². The number of rotatable bonds is 2. The third-order valence-electron chi connectivity index (χ3n) is 3.02. The number of aryl methyl sites for hydroxylation is 1. The van der Waals surface area contributed by atoms with Gasteiger partial charge in [-0.2, -0.15) is 4.98 Å². The second-order valence-electron chi connectivity index (χ2n) is 4.18. The Morgan fingerprint density at radius 1 is 1.35 bits per heavy atom. The maximum absolute atomic E-state index is 4.39. The molecule has 0 atom stereocenters. The molecule has 90 valence electrons. The fraction of sp³-hybridized carbons (Fsp3) is 0.545. The summed E-state index contributed by atoms with van der Waals surface area (Å²) in [5.74, 6) is 1.52. The molecule has 0 saturated carbocycles. The Labute approximate surface area is 99.7 Å². The predicted octanol–water partition coefficient (Wildman–Crippen LogP) is 0.0963. The summed E-state index contributed by atoms with van der Waals surface area (Å²) in [6.45, 7) is 6.13. The van der Waals surface area contributed by atoms with Crippen molar-refractivity contribution in [3.8, 4) is 0 Å². The third-order valence-corrected chi connectivity index (χ3v) is 3.02. The molecule has 0 bridgehead atoms. The molecule has 2 aromatic rings. The van der Waals surface area contributed by atoms with Crippen LogP contribution >= 0.6 is 0 Å². The highest BCUT2D eigenvalue weighted by molar-refractivity contribution is 5.46. The molecule has 1 saturated heterocycles. The first-order chi connectivity index (χ1) is 8.36. The van der Waals surface area contributed by atoms with E-state index in [1.807, 2.05) is 19.3 Å². The van der Waals surface area contributed by atoms with Crippen molar-refractivity contribution in [1.29, 1.82) is 0 Å². The van der Waals surface area contributed by atoms with Gasteiger partial charge in [0, 0.05) is 32.6 Å². The molecule has 0 aromatic carbocycles. The first-order valence-electron chi connectivity index (χ1n) is 6.04. The van der Waals surface area contributed by atoms with Gasteiger partial charge in [-0.05, 0) is 0 Å². The van der Waals surface area contributed by atoms with Crippen molar-refractivity contribution >= 4 is 11.5 Å². The van der Waals surface area contributed by atoms with E-state index in [2.05, 4.69) is 25.3 Å². The van der Waals surface area contributed by atoms with Crippen LogP contribution in [0.1, 0.15) is 12.7 Å².